The Bertz CT molecular complexity index is 440. The van der Waals surface area contributed by atoms with Gasteiger partial charge in [0.2, 0.25) is 5.78 Å². The maximum atomic E-state index is 12.8. The molecule has 15 heavy (non-hydrogen) atoms. The van der Waals surface area contributed by atoms with Crippen molar-refractivity contribution in [2.24, 2.45) is 0 Å². The van der Waals surface area contributed by atoms with Gasteiger partial charge in [0.25, 0.3) is 0 Å². The van der Waals surface area contributed by atoms with Crippen LogP contribution in [-0.4, -0.2) is 12.4 Å². The smallest absolute Gasteiger partial charge is 0.228 e. The van der Waals surface area contributed by atoms with Crippen LogP contribution in [0.2, 0.25) is 0 Å². The number of allylic oxidation sites excluding steroid dienone is 1. The summed E-state index contributed by atoms with van der Waals surface area (Å²) in [5, 5.41) is 0. The van der Waals surface area contributed by atoms with Gasteiger partial charge in [0.15, 0.2) is 5.76 Å². The summed E-state index contributed by atoms with van der Waals surface area (Å²) >= 11 is 1.94. The van der Waals surface area contributed by atoms with Crippen molar-refractivity contribution >= 4 is 28.4 Å². The lowest BCUT2D eigenvalue weighted by molar-refractivity contribution is 0.0941. The quantitative estimate of drug-likeness (QED) is 0.619. The molecule has 0 radical (unpaired) electrons. The molecule has 0 N–H and O–H groups in total. The van der Waals surface area contributed by atoms with Crippen molar-refractivity contribution in [1.29, 1.82) is 0 Å². The minimum absolute atomic E-state index is 0.170. The van der Waals surface area contributed by atoms with Crippen LogP contribution in [0.25, 0.3) is 0 Å². The lowest BCUT2D eigenvalue weighted by atomic mass is 10.1. The van der Waals surface area contributed by atoms with E-state index in [1.54, 1.807) is 6.08 Å². The first-order chi connectivity index (χ1) is 7.18. The van der Waals surface area contributed by atoms with Crippen LogP contribution in [0.3, 0.4) is 0 Å². The van der Waals surface area contributed by atoms with Crippen molar-refractivity contribution in [3.63, 3.8) is 0 Å². The molecule has 0 aliphatic carbocycles. The molecule has 0 aromatic heterocycles. The summed E-state index contributed by atoms with van der Waals surface area (Å²) in [6.45, 7) is 0.554. The van der Waals surface area contributed by atoms with Crippen LogP contribution >= 0.6 is 22.6 Å². The summed E-state index contributed by atoms with van der Waals surface area (Å²) < 4.78 is 18.6. The molecule has 0 amide bonds. The third-order valence-electron chi connectivity index (χ3n) is 2.10. The number of hydrogen-bond acceptors (Lipinski definition) is 2. The molecule has 0 spiro atoms. The molecule has 1 aliphatic heterocycles. The van der Waals surface area contributed by atoms with E-state index in [0.717, 1.165) is 6.42 Å². The number of Topliss-reactive ketones (excluding diaryl/α,β-unsaturated/α-hetero) is 1. The SMILES string of the molecule is O=C(C1=CCCO1)c1ccc(F)cc1I. The minimum Gasteiger partial charge on any atom is -0.489 e. The average molecular weight is 318 g/mol. The predicted octanol–water partition coefficient (Wildman–Crippen LogP) is 2.92. The number of halogens is 2. The summed E-state index contributed by atoms with van der Waals surface area (Å²) in [4.78, 5) is 11.9. The van der Waals surface area contributed by atoms with E-state index in [1.165, 1.54) is 18.2 Å². The van der Waals surface area contributed by atoms with E-state index in [2.05, 4.69) is 0 Å². The topological polar surface area (TPSA) is 26.3 Å². The third-order valence-corrected chi connectivity index (χ3v) is 3.00. The molecule has 78 valence electrons. The van der Waals surface area contributed by atoms with Gasteiger partial charge in [-0.2, -0.15) is 0 Å². The molecule has 2 nitrogen and oxygen atoms in total. The molecule has 0 bridgehead atoms. The van der Waals surface area contributed by atoms with Gasteiger partial charge in [-0.1, -0.05) is 0 Å². The Balaban J connectivity index is 2.33. The molecular formula is C11H8FIO2. The van der Waals surface area contributed by atoms with Gasteiger partial charge in [-0.05, 0) is 46.9 Å². The summed E-state index contributed by atoms with van der Waals surface area (Å²) in [7, 11) is 0. The highest BCUT2D eigenvalue weighted by Gasteiger charge is 2.19. The van der Waals surface area contributed by atoms with Crippen molar-refractivity contribution in [3.8, 4) is 0 Å². The van der Waals surface area contributed by atoms with Crippen molar-refractivity contribution in [3.05, 3.63) is 45.0 Å². The fourth-order valence-electron chi connectivity index (χ4n) is 1.38. The van der Waals surface area contributed by atoms with Crippen molar-refractivity contribution in [2.45, 2.75) is 6.42 Å². The molecule has 0 unspecified atom stereocenters. The summed E-state index contributed by atoms with van der Waals surface area (Å²) in [5.74, 6) is -0.131. The zero-order chi connectivity index (χ0) is 10.8. The van der Waals surface area contributed by atoms with Crippen LogP contribution in [0.4, 0.5) is 4.39 Å². The monoisotopic (exact) mass is 318 g/mol. The van der Waals surface area contributed by atoms with Gasteiger partial charge in [0.05, 0.1) is 6.61 Å². The van der Waals surface area contributed by atoms with E-state index in [4.69, 9.17) is 4.74 Å². The fraction of sp³-hybridized carbons (Fsp3) is 0.182. The predicted molar refractivity (Wildman–Crippen MR) is 62.1 cm³/mol. The largest absolute Gasteiger partial charge is 0.489 e. The zero-order valence-corrected chi connectivity index (χ0v) is 9.95. The summed E-state index contributed by atoms with van der Waals surface area (Å²) in [5.41, 5.74) is 0.491. The van der Waals surface area contributed by atoms with Gasteiger partial charge >= 0.3 is 0 Å². The Morgan fingerprint density at radius 1 is 1.47 bits per heavy atom. The molecule has 1 aliphatic rings. The molecular weight excluding hydrogens is 310 g/mol. The highest BCUT2D eigenvalue weighted by molar-refractivity contribution is 14.1. The number of benzene rings is 1. The van der Waals surface area contributed by atoms with Crippen LogP contribution in [0, 0.1) is 9.39 Å². The van der Waals surface area contributed by atoms with Gasteiger partial charge < -0.3 is 4.74 Å². The first kappa shape index (κ1) is 10.6. The maximum absolute atomic E-state index is 12.8. The Kier molecular flexibility index (Phi) is 3.04. The van der Waals surface area contributed by atoms with Crippen LogP contribution in [0.1, 0.15) is 16.8 Å². The Labute approximate surface area is 100 Å². The van der Waals surface area contributed by atoms with Crippen molar-refractivity contribution < 1.29 is 13.9 Å². The third kappa shape index (κ3) is 2.19. The standard InChI is InChI=1S/C11H8FIO2/c12-7-3-4-8(9(13)6-7)11(14)10-2-1-5-15-10/h2-4,6H,1,5H2. The van der Waals surface area contributed by atoms with E-state index in [0.29, 0.717) is 21.5 Å². The lowest BCUT2D eigenvalue weighted by Crippen LogP contribution is -2.06. The van der Waals surface area contributed by atoms with Crippen molar-refractivity contribution in [2.75, 3.05) is 6.61 Å². The Hall–Kier alpha value is -0.910. The van der Waals surface area contributed by atoms with Gasteiger partial charge in [-0.15, -0.1) is 0 Å². The maximum Gasteiger partial charge on any atom is 0.228 e. The number of rotatable bonds is 2. The number of ketones is 1. The van der Waals surface area contributed by atoms with Gasteiger partial charge in [-0.3, -0.25) is 4.79 Å². The lowest BCUT2D eigenvalue weighted by Gasteiger charge is -2.04. The Morgan fingerprint density at radius 3 is 2.87 bits per heavy atom. The van der Waals surface area contributed by atoms with Crippen LogP contribution in [0.15, 0.2) is 30.0 Å². The van der Waals surface area contributed by atoms with E-state index >= 15 is 0 Å². The van der Waals surface area contributed by atoms with Gasteiger partial charge in [0, 0.05) is 15.6 Å². The van der Waals surface area contributed by atoms with E-state index in [1.807, 2.05) is 22.6 Å². The second kappa shape index (κ2) is 4.30. The Morgan fingerprint density at radius 2 is 2.27 bits per heavy atom. The number of hydrogen-bond donors (Lipinski definition) is 0. The highest BCUT2D eigenvalue weighted by atomic mass is 127. The second-order valence-electron chi connectivity index (χ2n) is 3.16. The van der Waals surface area contributed by atoms with E-state index in [-0.39, 0.29) is 11.6 Å². The molecule has 0 atom stereocenters. The summed E-state index contributed by atoms with van der Waals surface area (Å²) in [6.07, 6.45) is 2.53. The highest BCUT2D eigenvalue weighted by Crippen LogP contribution is 2.20. The number of ether oxygens (including phenoxy) is 1. The first-order valence-corrected chi connectivity index (χ1v) is 5.59. The minimum atomic E-state index is -0.336. The number of carbonyl (C=O) groups is 1. The van der Waals surface area contributed by atoms with E-state index < -0.39 is 0 Å². The average Bonchev–Trinajstić information content (AvgIpc) is 2.69. The molecule has 2 rings (SSSR count). The van der Waals surface area contributed by atoms with E-state index in [9.17, 15) is 9.18 Å². The van der Waals surface area contributed by atoms with Gasteiger partial charge in [0.1, 0.15) is 5.82 Å². The molecule has 0 saturated carbocycles. The zero-order valence-electron chi connectivity index (χ0n) is 7.80. The molecule has 1 heterocycles. The van der Waals surface area contributed by atoms with Gasteiger partial charge in [-0.25, -0.2) is 4.39 Å². The molecule has 0 saturated heterocycles. The molecule has 1 aromatic rings. The molecule has 0 fully saturated rings. The number of carbonyl (C=O) groups excluding carboxylic acids is 1. The second-order valence-corrected chi connectivity index (χ2v) is 4.32. The first-order valence-electron chi connectivity index (χ1n) is 4.51. The summed E-state index contributed by atoms with van der Waals surface area (Å²) in [6, 6.07) is 4.11. The molecule has 4 heteroatoms. The van der Waals surface area contributed by atoms with Crippen LogP contribution in [-0.2, 0) is 4.74 Å². The van der Waals surface area contributed by atoms with Crippen LogP contribution < -0.4 is 0 Å². The van der Waals surface area contributed by atoms with Crippen LogP contribution in [0.5, 0.6) is 0 Å². The fourth-order valence-corrected chi connectivity index (χ4v) is 2.10. The normalized spacial score (nSPS) is 14.7. The molecule has 1 aromatic carbocycles. The van der Waals surface area contributed by atoms with Crippen molar-refractivity contribution in [1.82, 2.24) is 0 Å².